The van der Waals surface area contributed by atoms with Crippen LogP contribution in [0.3, 0.4) is 0 Å². The lowest BCUT2D eigenvalue weighted by atomic mass is 10.1. The Kier molecular flexibility index (Phi) is 4.02. The number of hydrogen-bond donors (Lipinski definition) is 1. The minimum atomic E-state index is -0.146. The van der Waals surface area contributed by atoms with Gasteiger partial charge in [0, 0.05) is 0 Å². The van der Waals surface area contributed by atoms with Crippen LogP contribution in [0.5, 0.6) is 5.75 Å². The molecule has 0 spiro atoms. The molecule has 2 nitrogen and oxygen atoms in total. The van der Waals surface area contributed by atoms with Crippen LogP contribution in [0.1, 0.15) is 11.6 Å². The Morgan fingerprint density at radius 2 is 1.65 bits per heavy atom. The van der Waals surface area contributed by atoms with Gasteiger partial charge in [-0.1, -0.05) is 54.1 Å². The summed E-state index contributed by atoms with van der Waals surface area (Å²) in [7, 11) is 0. The van der Waals surface area contributed by atoms with Gasteiger partial charge in [-0.15, -0.1) is 0 Å². The molecular formula is C14H14ClNO. The molecule has 2 aromatic carbocycles. The summed E-state index contributed by atoms with van der Waals surface area (Å²) in [6.07, 6.45) is 0. The third-order valence-corrected chi connectivity index (χ3v) is 2.80. The quantitative estimate of drug-likeness (QED) is 0.899. The van der Waals surface area contributed by atoms with E-state index in [1.807, 2.05) is 48.5 Å². The van der Waals surface area contributed by atoms with E-state index < -0.39 is 0 Å². The molecular weight excluding hydrogens is 234 g/mol. The Morgan fingerprint density at radius 3 is 2.35 bits per heavy atom. The molecule has 0 bridgehead atoms. The van der Waals surface area contributed by atoms with Crippen molar-refractivity contribution in [2.24, 2.45) is 5.73 Å². The number of nitrogens with two attached hydrogens (primary N) is 1. The third-order valence-electron chi connectivity index (χ3n) is 2.48. The second-order valence-corrected chi connectivity index (χ2v) is 4.17. The zero-order chi connectivity index (χ0) is 12.1. The highest BCUT2D eigenvalue weighted by molar-refractivity contribution is 6.32. The van der Waals surface area contributed by atoms with Crippen molar-refractivity contribution in [2.75, 3.05) is 6.61 Å². The molecule has 0 radical (unpaired) electrons. The van der Waals surface area contributed by atoms with Crippen molar-refractivity contribution in [3.05, 3.63) is 65.2 Å². The average Bonchev–Trinajstić information content (AvgIpc) is 2.38. The number of ether oxygens (including phenoxy) is 1. The predicted octanol–water partition coefficient (Wildman–Crippen LogP) is 3.42. The van der Waals surface area contributed by atoms with Crippen molar-refractivity contribution in [1.29, 1.82) is 0 Å². The van der Waals surface area contributed by atoms with Crippen LogP contribution in [0.15, 0.2) is 54.6 Å². The van der Waals surface area contributed by atoms with Gasteiger partial charge in [-0.2, -0.15) is 0 Å². The predicted molar refractivity (Wildman–Crippen MR) is 70.3 cm³/mol. The van der Waals surface area contributed by atoms with Crippen molar-refractivity contribution in [1.82, 2.24) is 0 Å². The van der Waals surface area contributed by atoms with E-state index >= 15 is 0 Å². The molecule has 17 heavy (non-hydrogen) atoms. The first-order valence-corrected chi connectivity index (χ1v) is 5.83. The molecule has 0 fully saturated rings. The zero-order valence-corrected chi connectivity index (χ0v) is 10.1. The molecule has 3 heteroatoms. The number of benzene rings is 2. The van der Waals surface area contributed by atoms with Crippen molar-refractivity contribution < 1.29 is 4.74 Å². The highest BCUT2D eigenvalue weighted by atomic mass is 35.5. The molecule has 1 atom stereocenters. The molecule has 0 heterocycles. The van der Waals surface area contributed by atoms with Gasteiger partial charge in [0.15, 0.2) is 0 Å². The van der Waals surface area contributed by atoms with Gasteiger partial charge in [0.2, 0.25) is 0 Å². The van der Waals surface area contributed by atoms with E-state index in [2.05, 4.69) is 0 Å². The maximum absolute atomic E-state index is 6.02. The van der Waals surface area contributed by atoms with E-state index in [4.69, 9.17) is 22.1 Å². The summed E-state index contributed by atoms with van der Waals surface area (Å²) in [6, 6.07) is 17.1. The fraction of sp³-hybridized carbons (Fsp3) is 0.143. The normalized spacial score (nSPS) is 12.1. The van der Waals surface area contributed by atoms with Crippen LogP contribution in [0, 0.1) is 0 Å². The fourth-order valence-electron chi connectivity index (χ4n) is 1.54. The first-order valence-electron chi connectivity index (χ1n) is 5.45. The molecule has 0 saturated carbocycles. The molecule has 0 aliphatic carbocycles. The highest BCUT2D eigenvalue weighted by Crippen LogP contribution is 2.24. The van der Waals surface area contributed by atoms with Crippen LogP contribution >= 0.6 is 11.6 Å². The van der Waals surface area contributed by atoms with Crippen molar-refractivity contribution in [3.63, 3.8) is 0 Å². The Hall–Kier alpha value is -1.51. The molecule has 0 saturated heterocycles. The van der Waals surface area contributed by atoms with E-state index in [1.54, 1.807) is 6.07 Å². The number of para-hydroxylation sites is 1. The summed E-state index contributed by atoms with van der Waals surface area (Å²) in [6.45, 7) is 0.410. The number of halogens is 1. The van der Waals surface area contributed by atoms with E-state index in [1.165, 1.54) is 0 Å². The van der Waals surface area contributed by atoms with Gasteiger partial charge in [0.05, 0.1) is 11.1 Å². The number of rotatable bonds is 4. The molecule has 88 valence electrons. The van der Waals surface area contributed by atoms with Crippen LogP contribution < -0.4 is 10.5 Å². The summed E-state index contributed by atoms with van der Waals surface area (Å²) < 4.78 is 5.60. The first kappa shape index (κ1) is 12.0. The SMILES string of the molecule is NC(COc1ccccc1Cl)c1ccccc1. The van der Waals surface area contributed by atoms with E-state index in [9.17, 15) is 0 Å². The largest absolute Gasteiger partial charge is 0.490 e. The number of hydrogen-bond acceptors (Lipinski definition) is 2. The topological polar surface area (TPSA) is 35.2 Å². The fourth-order valence-corrected chi connectivity index (χ4v) is 1.73. The van der Waals surface area contributed by atoms with E-state index in [0.717, 1.165) is 5.56 Å². The van der Waals surface area contributed by atoms with Gasteiger partial charge in [-0.25, -0.2) is 0 Å². The Labute approximate surface area is 106 Å². The summed E-state index contributed by atoms with van der Waals surface area (Å²) in [5.74, 6) is 0.667. The van der Waals surface area contributed by atoms with Crippen LogP contribution in [0.4, 0.5) is 0 Å². The van der Waals surface area contributed by atoms with Gasteiger partial charge in [0.1, 0.15) is 12.4 Å². The van der Waals surface area contributed by atoms with Crippen molar-refractivity contribution in [3.8, 4) is 5.75 Å². The summed E-state index contributed by atoms with van der Waals surface area (Å²) in [5, 5.41) is 0.604. The molecule has 2 rings (SSSR count). The molecule has 0 aliphatic heterocycles. The van der Waals surface area contributed by atoms with Gasteiger partial charge < -0.3 is 10.5 Å². The second-order valence-electron chi connectivity index (χ2n) is 3.76. The standard InChI is InChI=1S/C14H14ClNO/c15-12-8-4-5-9-14(12)17-10-13(16)11-6-2-1-3-7-11/h1-9,13H,10,16H2. The minimum Gasteiger partial charge on any atom is -0.490 e. The smallest absolute Gasteiger partial charge is 0.137 e. The average molecular weight is 248 g/mol. The lowest BCUT2D eigenvalue weighted by molar-refractivity contribution is 0.291. The van der Waals surface area contributed by atoms with Gasteiger partial charge in [0.25, 0.3) is 0 Å². The Morgan fingerprint density at radius 1 is 1.00 bits per heavy atom. The van der Waals surface area contributed by atoms with Crippen LogP contribution in [-0.4, -0.2) is 6.61 Å². The van der Waals surface area contributed by atoms with Crippen molar-refractivity contribution >= 4 is 11.6 Å². The third kappa shape index (κ3) is 3.22. The second kappa shape index (κ2) is 5.71. The van der Waals surface area contributed by atoms with E-state index in [0.29, 0.717) is 17.4 Å². The van der Waals surface area contributed by atoms with Gasteiger partial charge in [-0.3, -0.25) is 0 Å². The van der Waals surface area contributed by atoms with Crippen LogP contribution in [0.25, 0.3) is 0 Å². The maximum atomic E-state index is 6.02. The van der Waals surface area contributed by atoms with Crippen LogP contribution in [-0.2, 0) is 0 Å². The van der Waals surface area contributed by atoms with Gasteiger partial charge >= 0.3 is 0 Å². The van der Waals surface area contributed by atoms with E-state index in [-0.39, 0.29) is 6.04 Å². The minimum absolute atomic E-state index is 0.146. The lowest BCUT2D eigenvalue weighted by Crippen LogP contribution is -2.18. The summed E-state index contributed by atoms with van der Waals surface area (Å²) in [5.41, 5.74) is 7.08. The molecule has 1 unspecified atom stereocenters. The highest BCUT2D eigenvalue weighted by Gasteiger charge is 2.07. The molecule has 2 N–H and O–H groups in total. The monoisotopic (exact) mass is 247 g/mol. The van der Waals surface area contributed by atoms with Crippen LogP contribution in [0.2, 0.25) is 5.02 Å². The maximum Gasteiger partial charge on any atom is 0.137 e. The molecule has 0 aliphatic rings. The van der Waals surface area contributed by atoms with Crippen molar-refractivity contribution in [2.45, 2.75) is 6.04 Å². The first-order chi connectivity index (χ1) is 8.27. The Balaban J connectivity index is 1.97. The summed E-state index contributed by atoms with van der Waals surface area (Å²) in [4.78, 5) is 0. The Bertz CT molecular complexity index is 473. The lowest BCUT2D eigenvalue weighted by Gasteiger charge is -2.14. The summed E-state index contributed by atoms with van der Waals surface area (Å²) >= 11 is 5.99. The zero-order valence-electron chi connectivity index (χ0n) is 9.34. The molecule has 2 aromatic rings. The molecule has 0 aromatic heterocycles. The molecule has 0 amide bonds. The van der Waals surface area contributed by atoms with Gasteiger partial charge in [-0.05, 0) is 17.7 Å².